The summed E-state index contributed by atoms with van der Waals surface area (Å²) in [6.07, 6.45) is 8.78. The standard InChI is InChI=1S/C16H16NS2.ClHO4/c1-11-4-9-14-15(10-11)19-16(18-14)12-5-7-13(8-6-12)17(2)3;2-1(3,4)5/h4-10H,1-3H3;(H,2,3,4,5)/q+1;/p-1. The van der Waals surface area contributed by atoms with E-state index in [4.69, 9.17) is 18.6 Å². The van der Waals surface area contributed by atoms with Crippen LogP contribution in [0, 0.1) is 17.2 Å². The van der Waals surface area contributed by atoms with E-state index in [9.17, 15) is 0 Å². The van der Waals surface area contributed by atoms with E-state index in [2.05, 4.69) is 68.1 Å². The van der Waals surface area contributed by atoms with Gasteiger partial charge in [-0.3, -0.25) is 0 Å². The number of allylic oxidation sites excluding steroid dienone is 5. The lowest BCUT2D eigenvalue weighted by atomic mass is 10.1. The third-order valence-electron chi connectivity index (χ3n) is 3.12. The Labute approximate surface area is 151 Å². The monoisotopic (exact) mass is 385 g/mol. The Bertz CT molecular complexity index is 736. The first-order chi connectivity index (χ1) is 11.1. The predicted molar refractivity (Wildman–Crippen MR) is 85.3 cm³/mol. The van der Waals surface area contributed by atoms with Crippen LogP contribution in [0.3, 0.4) is 0 Å². The van der Waals surface area contributed by atoms with E-state index in [-0.39, 0.29) is 0 Å². The normalized spacial score (nSPS) is 16.0. The minimum atomic E-state index is -4.94. The molecular formula is C16H16ClNO4S2. The highest BCUT2D eigenvalue weighted by molar-refractivity contribution is 8.24. The second kappa shape index (κ2) is 7.88. The molecule has 1 aromatic carbocycles. The first kappa shape index (κ1) is 19.3. The van der Waals surface area contributed by atoms with Gasteiger partial charge in [-0.05, 0) is 42.3 Å². The lowest BCUT2D eigenvalue weighted by Crippen LogP contribution is -2.68. The highest BCUT2D eigenvalue weighted by Crippen LogP contribution is 2.52. The fraction of sp³-hybridized carbons (Fsp3) is 0.188. The van der Waals surface area contributed by atoms with Crippen molar-refractivity contribution >= 4 is 29.2 Å². The van der Waals surface area contributed by atoms with Crippen LogP contribution in [0.1, 0.15) is 5.56 Å². The molecule has 1 aliphatic heterocycles. The Morgan fingerprint density at radius 1 is 0.875 bits per heavy atom. The maximum Gasteiger partial charge on any atom is 0.199 e. The summed E-state index contributed by atoms with van der Waals surface area (Å²) in [5.74, 6) is 0. The molecule has 1 aliphatic carbocycles. The average molecular weight is 386 g/mol. The number of halogens is 1. The maximum atomic E-state index is 8.49. The van der Waals surface area contributed by atoms with Crippen LogP contribution < -0.4 is 18.6 Å². The van der Waals surface area contributed by atoms with Gasteiger partial charge in [0.25, 0.3) is 0 Å². The fourth-order valence-electron chi connectivity index (χ4n) is 2.01. The summed E-state index contributed by atoms with van der Waals surface area (Å²) in [7, 11) is -0.806. The number of hydrogen-bond donors (Lipinski definition) is 0. The van der Waals surface area contributed by atoms with Crippen LogP contribution in [0.25, 0.3) is 0 Å². The molecule has 0 saturated carbocycles. The molecule has 128 valence electrons. The van der Waals surface area contributed by atoms with Crippen molar-refractivity contribution in [3.63, 3.8) is 0 Å². The molecule has 5 nitrogen and oxygen atoms in total. The average Bonchev–Trinajstić information content (AvgIpc) is 2.88. The van der Waals surface area contributed by atoms with Crippen LogP contribution in [-0.4, -0.2) is 24.4 Å². The van der Waals surface area contributed by atoms with E-state index in [0.717, 1.165) is 0 Å². The number of thioether (sulfide) groups is 2. The summed E-state index contributed by atoms with van der Waals surface area (Å²) in [5.41, 5.74) is 3.89. The van der Waals surface area contributed by atoms with E-state index >= 15 is 0 Å². The summed E-state index contributed by atoms with van der Waals surface area (Å²) in [6, 6.07) is 6.68. The lowest BCUT2D eigenvalue weighted by molar-refractivity contribution is -2.00. The zero-order valence-electron chi connectivity index (χ0n) is 13.3. The van der Waals surface area contributed by atoms with Crippen molar-refractivity contribution in [2.75, 3.05) is 14.1 Å². The molecule has 0 N–H and O–H groups in total. The minimum Gasteiger partial charge on any atom is -0.235 e. The molecule has 0 unspecified atom stereocenters. The molecule has 1 aromatic rings. The van der Waals surface area contributed by atoms with E-state index in [1.807, 2.05) is 23.5 Å². The van der Waals surface area contributed by atoms with Gasteiger partial charge >= 0.3 is 0 Å². The van der Waals surface area contributed by atoms with Crippen molar-refractivity contribution in [3.8, 4) is 0 Å². The highest BCUT2D eigenvalue weighted by atomic mass is 35.7. The van der Waals surface area contributed by atoms with E-state index in [0.29, 0.717) is 0 Å². The fourth-order valence-corrected chi connectivity index (χ4v) is 4.59. The van der Waals surface area contributed by atoms with Crippen LogP contribution in [0.15, 0.2) is 62.1 Å². The number of fused-ring (bicyclic) bond motifs is 1. The maximum absolute atomic E-state index is 8.49. The summed E-state index contributed by atoms with van der Waals surface area (Å²) < 4.78 is 37.5. The summed E-state index contributed by atoms with van der Waals surface area (Å²) in [4.78, 5) is 2.76. The van der Waals surface area contributed by atoms with Crippen molar-refractivity contribution in [2.24, 2.45) is 0 Å². The lowest BCUT2D eigenvalue weighted by Gasteiger charge is -2.17. The summed E-state index contributed by atoms with van der Waals surface area (Å²) in [5, 5.41) is 0. The van der Waals surface area contributed by atoms with Gasteiger partial charge in [0.05, 0.1) is 4.24 Å². The Balaban J connectivity index is 0.000000368. The number of benzene rings is 1. The van der Waals surface area contributed by atoms with Gasteiger partial charge < -0.3 is 0 Å². The van der Waals surface area contributed by atoms with Gasteiger partial charge in [-0.1, -0.05) is 29.6 Å². The van der Waals surface area contributed by atoms with Crippen LogP contribution >= 0.6 is 23.5 Å². The first-order valence-electron chi connectivity index (χ1n) is 6.86. The molecule has 0 fully saturated rings. The van der Waals surface area contributed by atoms with Crippen molar-refractivity contribution < 1.29 is 33.5 Å². The van der Waals surface area contributed by atoms with Crippen molar-refractivity contribution in [2.45, 2.75) is 16.7 Å². The van der Waals surface area contributed by atoms with Gasteiger partial charge in [0.15, 0.2) is 5.71 Å². The van der Waals surface area contributed by atoms with Crippen molar-refractivity contribution in [1.82, 2.24) is 0 Å². The van der Waals surface area contributed by atoms with Gasteiger partial charge in [0.1, 0.15) is 14.1 Å². The van der Waals surface area contributed by atoms with Gasteiger partial charge in [0.2, 0.25) is 0 Å². The Morgan fingerprint density at radius 2 is 1.42 bits per heavy atom. The smallest absolute Gasteiger partial charge is 0.199 e. The number of rotatable bonds is 0. The molecule has 3 rings (SSSR count). The Morgan fingerprint density at radius 3 is 1.96 bits per heavy atom. The van der Waals surface area contributed by atoms with Crippen LogP contribution in [0.4, 0.5) is 0 Å². The van der Waals surface area contributed by atoms with Crippen LogP contribution in [-0.2, 0) is 0 Å². The second-order valence-electron chi connectivity index (χ2n) is 5.26. The number of aryl methyl sites for hydroxylation is 1. The molecule has 0 spiro atoms. The molecule has 24 heavy (non-hydrogen) atoms. The zero-order chi connectivity index (χ0) is 17.9. The van der Waals surface area contributed by atoms with Gasteiger partial charge in [-0.25, -0.2) is 23.2 Å². The number of nitrogens with zero attached hydrogens (tertiary/aromatic N) is 1. The molecule has 1 heterocycles. The third kappa shape index (κ3) is 5.78. The molecule has 0 amide bonds. The van der Waals surface area contributed by atoms with Gasteiger partial charge in [-0.2, -0.15) is 0 Å². The van der Waals surface area contributed by atoms with E-state index in [1.165, 1.54) is 30.9 Å². The largest absolute Gasteiger partial charge is 0.235 e. The molecule has 0 aromatic heterocycles. The Hall–Kier alpha value is -1.06. The molecule has 0 saturated heterocycles. The molecule has 0 radical (unpaired) electrons. The first-order valence-corrected chi connectivity index (χ1v) is 9.73. The number of hydrogen-bond acceptors (Lipinski definition) is 6. The SMILES string of the molecule is Cc1ccc2c(c1)SC(=C1C=CC(=[N+](C)C)C=C1)S2.[O-][Cl+3]([O-])([O-])[O-]. The van der Waals surface area contributed by atoms with E-state index < -0.39 is 10.2 Å². The Kier molecular flexibility index (Phi) is 6.33. The van der Waals surface area contributed by atoms with Gasteiger partial charge in [0, 0.05) is 21.9 Å². The highest BCUT2D eigenvalue weighted by Gasteiger charge is 2.20. The van der Waals surface area contributed by atoms with Crippen molar-refractivity contribution in [3.05, 3.63) is 57.9 Å². The predicted octanol–water partition coefficient (Wildman–Crippen LogP) is -0.512. The summed E-state index contributed by atoms with van der Waals surface area (Å²) >= 11 is 3.76. The molecule has 8 heteroatoms. The summed E-state index contributed by atoms with van der Waals surface area (Å²) in [6.45, 7) is 2.15. The molecule has 2 aliphatic rings. The molecule has 0 bridgehead atoms. The van der Waals surface area contributed by atoms with E-state index in [1.54, 1.807) is 0 Å². The molecule has 0 atom stereocenters. The topological polar surface area (TPSA) is 95.2 Å². The molecular weight excluding hydrogens is 370 g/mol. The van der Waals surface area contributed by atoms with Crippen LogP contribution in [0.5, 0.6) is 0 Å². The van der Waals surface area contributed by atoms with Gasteiger partial charge in [-0.15, -0.1) is 10.2 Å². The minimum absolute atomic E-state index is 1.24. The van der Waals surface area contributed by atoms with Crippen LogP contribution in [0.2, 0.25) is 0 Å². The quantitative estimate of drug-likeness (QED) is 0.558. The second-order valence-corrected chi connectivity index (χ2v) is 8.38. The third-order valence-corrected chi connectivity index (χ3v) is 5.73. The zero-order valence-corrected chi connectivity index (χ0v) is 15.7. The van der Waals surface area contributed by atoms with Crippen molar-refractivity contribution in [1.29, 1.82) is 0 Å².